The van der Waals surface area contributed by atoms with Crippen molar-refractivity contribution < 1.29 is 28.9 Å². The Hall–Kier alpha value is -2.99. The number of rotatable bonds is 19. The molecule has 0 fully saturated rings. The highest BCUT2D eigenvalue weighted by molar-refractivity contribution is 5.79. The lowest BCUT2D eigenvalue weighted by Gasteiger charge is -2.29. The summed E-state index contributed by atoms with van der Waals surface area (Å²) in [7, 11) is 3.28. The van der Waals surface area contributed by atoms with Gasteiger partial charge in [-0.25, -0.2) is 4.79 Å². The molecule has 1 aromatic rings. The number of carbonyl (C=O) groups is 2. The fourth-order valence-electron chi connectivity index (χ4n) is 4.66. The van der Waals surface area contributed by atoms with Gasteiger partial charge in [-0.3, -0.25) is 4.79 Å². The molecule has 1 aromatic carbocycles. The Morgan fingerprint density at radius 2 is 1.75 bits per heavy atom. The smallest absolute Gasteiger partial charge is 0.404 e. The minimum atomic E-state index is -1.06. The van der Waals surface area contributed by atoms with Gasteiger partial charge < -0.3 is 30.0 Å². The van der Waals surface area contributed by atoms with E-state index in [9.17, 15) is 20.0 Å². The highest BCUT2D eigenvalue weighted by Gasteiger charge is 2.28. The predicted octanol–water partition coefficient (Wildman–Crippen LogP) is 5.67. The van der Waals surface area contributed by atoms with Gasteiger partial charge in [-0.15, -0.1) is 0 Å². The fourth-order valence-corrected chi connectivity index (χ4v) is 4.66. The maximum Gasteiger partial charge on any atom is 0.404 e. The number of carboxylic acid groups (broad SMARTS) is 1. The lowest BCUT2D eigenvalue weighted by Crippen LogP contribution is -2.41. The number of methoxy groups -OCH3 is 2. The van der Waals surface area contributed by atoms with E-state index in [1.165, 1.54) is 0 Å². The van der Waals surface area contributed by atoms with Crippen LogP contribution in [0.15, 0.2) is 18.2 Å². The van der Waals surface area contributed by atoms with E-state index < -0.39 is 11.5 Å². The summed E-state index contributed by atoms with van der Waals surface area (Å²) in [6, 6.07) is 7.85. The molecule has 3 N–H and O–H groups in total. The molecule has 9 heteroatoms. The Labute approximate surface area is 241 Å². The second-order valence-corrected chi connectivity index (χ2v) is 11.9. The summed E-state index contributed by atoms with van der Waals surface area (Å²) in [4.78, 5) is 24.6. The first kappa shape index (κ1) is 35.0. The second kappa shape index (κ2) is 17.6. The van der Waals surface area contributed by atoms with E-state index in [1.807, 2.05) is 32.0 Å². The van der Waals surface area contributed by atoms with Crippen molar-refractivity contribution in [2.75, 3.05) is 34.0 Å². The zero-order valence-corrected chi connectivity index (χ0v) is 25.7. The molecule has 0 saturated carbocycles. The first-order valence-corrected chi connectivity index (χ1v) is 14.3. The molecule has 0 aromatic heterocycles. The van der Waals surface area contributed by atoms with Crippen LogP contribution in [-0.4, -0.2) is 57.1 Å². The molecule has 9 nitrogen and oxygen atoms in total. The highest BCUT2D eigenvalue weighted by atomic mass is 16.5. The molecule has 40 heavy (non-hydrogen) atoms. The van der Waals surface area contributed by atoms with Gasteiger partial charge in [0.2, 0.25) is 5.91 Å². The van der Waals surface area contributed by atoms with E-state index in [0.29, 0.717) is 49.9 Å². The van der Waals surface area contributed by atoms with E-state index in [-0.39, 0.29) is 36.2 Å². The first-order valence-electron chi connectivity index (χ1n) is 14.3. The molecule has 0 radical (unpaired) electrons. The largest absolute Gasteiger partial charge is 0.493 e. The molecule has 0 heterocycles. The minimum absolute atomic E-state index is 0.0816. The standard InChI is InChI=1S/C31H51N3O6/c1-21(2)24(16-23-10-13-27(39-8)28(17-23)40-15-9-14-38-7)18-25(34-30(36)37)11-12-26(22(3)4)29(35)33-20-31(5,6)19-32/h10,13,17,21-22,24-26,34H,9,11-12,14-16,18,20H2,1-8H3,(H,33,35)(H,36,37)/t24-,25+,26-/m0/s1. The van der Waals surface area contributed by atoms with Gasteiger partial charge in [0.15, 0.2) is 11.5 Å². The summed E-state index contributed by atoms with van der Waals surface area (Å²) in [5.41, 5.74) is 0.445. The number of amides is 2. The highest BCUT2D eigenvalue weighted by Crippen LogP contribution is 2.32. The third-order valence-corrected chi connectivity index (χ3v) is 7.31. The van der Waals surface area contributed by atoms with E-state index in [1.54, 1.807) is 28.1 Å². The fraction of sp³-hybridized carbons (Fsp3) is 0.710. The molecule has 0 aliphatic heterocycles. The molecule has 0 bridgehead atoms. The second-order valence-electron chi connectivity index (χ2n) is 11.9. The summed E-state index contributed by atoms with van der Waals surface area (Å²) in [5, 5.41) is 24.5. The third kappa shape index (κ3) is 12.9. The molecule has 226 valence electrons. The van der Waals surface area contributed by atoms with Crippen molar-refractivity contribution in [3.8, 4) is 17.6 Å². The van der Waals surface area contributed by atoms with Gasteiger partial charge in [0, 0.05) is 38.6 Å². The van der Waals surface area contributed by atoms with E-state index in [4.69, 9.17) is 14.2 Å². The summed E-state index contributed by atoms with van der Waals surface area (Å²) in [6.45, 7) is 13.3. The molecule has 0 spiro atoms. The van der Waals surface area contributed by atoms with Crippen molar-refractivity contribution in [1.29, 1.82) is 5.26 Å². The maximum absolute atomic E-state index is 13.0. The quantitative estimate of drug-likeness (QED) is 0.186. The van der Waals surface area contributed by atoms with E-state index >= 15 is 0 Å². The van der Waals surface area contributed by atoms with Gasteiger partial charge in [-0.05, 0) is 75.0 Å². The molecule has 2 amide bonds. The van der Waals surface area contributed by atoms with Crippen LogP contribution < -0.4 is 20.1 Å². The van der Waals surface area contributed by atoms with Crippen molar-refractivity contribution >= 4 is 12.0 Å². The van der Waals surface area contributed by atoms with Gasteiger partial charge in [0.25, 0.3) is 0 Å². The van der Waals surface area contributed by atoms with E-state index in [2.05, 4.69) is 30.6 Å². The average molecular weight is 562 g/mol. The normalized spacial score (nSPS) is 13.8. The first-order chi connectivity index (χ1) is 18.8. The van der Waals surface area contributed by atoms with E-state index in [0.717, 1.165) is 18.4 Å². The Morgan fingerprint density at radius 1 is 1.05 bits per heavy atom. The molecule has 0 saturated heterocycles. The number of hydrogen-bond donors (Lipinski definition) is 3. The summed E-state index contributed by atoms with van der Waals surface area (Å²) < 4.78 is 16.5. The van der Waals surface area contributed by atoms with Gasteiger partial charge >= 0.3 is 6.09 Å². The molecule has 1 rings (SSSR count). The Bertz CT molecular complexity index is 957. The van der Waals surface area contributed by atoms with Crippen LogP contribution in [0.1, 0.15) is 72.8 Å². The lowest BCUT2D eigenvalue weighted by atomic mass is 9.81. The zero-order valence-electron chi connectivity index (χ0n) is 25.7. The van der Waals surface area contributed by atoms with Gasteiger partial charge in [0.1, 0.15) is 0 Å². The van der Waals surface area contributed by atoms with Crippen LogP contribution in [0.4, 0.5) is 4.79 Å². The van der Waals surface area contributed by atoms with Crippen LogP contribution in [0.3, 0.4) is 0 Å². The number of ether oxygens (including phenoxy) is 3. The number of carbonyl (C=O) groups excluding carboxylic acids is 1. The monoisotopic (exact) mass is 561 g/mol. The molecular weight excluding hydrogens is 510 g/mol. The minimum Gasteiger partial charge on any atom is -0.493 e. The number of nitriles is 1. The van der Waals surface area contributed by atoms with Crippen LogP contribution >= 0.6 is 0 Å². The van der Waals surface area contributed by atoms with Crippen molar-refractivity contribution in [2.45, 2.75) is 79.7 Å². The Kier molecular flexibility index (Phi) is 15.5. The number of hydrogen-bond acceptors (Lipinski definition) is 6. The number of benzene rings is 1. The molecule has 0 aliphatic carbocycles. The SMILES string of the molecule is COCCCOc1cc(C[C@@H](C[C@@H](CC[C@H](C(=O)NCC(C)(C)C#N)C(C)C)NC(=O)O)C(C)C)ccc1OC. The van der Waals surface area contributed by atoms with Crippen LogP contribution in [0, 0.1) is 40.4 Å². The van der Waals surface area contributed by atoms with Gasteiger partial charge in [-0.2, -0.15) is 5.26 Å². The summed E-state index contributed by atoms with van der Waals surface area (Å²) in [6.07, 6.45) is 2.20. The van der Waals surface area contributed by atoms with Crippen LogP contribution in [0.5, 0.6) is 11.5 Å². The van der Waals surface area contributed by atoms with Gasteiger partial charge in [-0.1, -0.05) is 33.8 Å². The van der Waals surface area contributed by atoms with Crippen LogP contribution in [-0.2, 0) is 16.0 Å². The molecule has 0 aliphatic rings. The lowest BCUT2D eigenvalue weighted by molar-refractivity contribution is -0.126. The van der Waals surface area contributed by atoms with Gasteiger partial charge in [0.05, 0.1) is 25.2 Å². The summed E-state index contributed by atoms with van der Waals surface area (Å²) >= 11 is 0. The van der Waals surface area contributed by atoms with Crippen molar-refractivity contribution in [3.63, 3.8) is 0 Å². The number of nitrogens with zero attached hydrogens (tertiary/aromatic N) is 1. The molecular formula is C31H51N3O6. The summed E-state index contributed by atoms with van der Waals surface area (Å²) in [5.74, 6) is 1.58. The van der Waals surface area contributed by atoms with Crippen molar-refractivity contribution in [1.82, 2.24) is 10.6 Å². The van der Waals surface area contributed by atoms with Crippen LogP contribution in [0.2, 0.25) is 0 Å². The average Bonchev–Trinajstić information content (AvgIpc) is 2.89. The van der Waals surface area contributed by atoms with Crippen LogP contribution in [0.25, 0.3) is 0 Å². The Balaban J connectivity index is 2.98. The zero-order chi connectivity index (χ0) is 30.3. The topological polar surface area (TPSA) is 130 Å². The van der Waals surface area contributed by atoms with Crippen molar-refractivity contribution in [2.24, 2.45) is 29.1 Å². The van der Waals surface area contributed by atoms with Crippen molar-refractivity contribution in [3.05, 3.63) is 23.8 Å². The Morgan fingerprint density at radius 3 is 2.30 bits per heavy atom. The third-order valence-electron chi connectivity index (χ3n) is 7.31. The predicted molar refractivity (Wildman–Crippen MR) is 157 cm³/mol. The molecule has 0 unspecified atom stereocenters. The molecule has 3 atom stereocenters. The maximum atomic E-state index is 13.0. The number of nitrogens with one attached hydrogen (secondary N) is 2.